The molecule has 4 fully saturated rings. The molecule has 0 aromatic heterocycles. The molecule has 0 bridgehead atoms. The van der Waals surface area contributed by atoms with Crippen LogP contribution < -0.4 is 0 Å². The Balaban J connectivity index is 1.49. The first-order valence-electron chi connectivity index (χ1n) is 12.7. The van der Waals surface area contributed by atoms with E-state index in [2.05, 4.69) is 20.8 Å². The van der Waals surface area contributed by atoms with E-state index >= 15 is 0 Å². The Morgan fingerprint density at radius 1 is 1.03 bits per heavy atom. The average Bonchev–Trinajstić information content (AvgIpc) is 3.00. The maximum atomic E-state index is 13.2. The summed E-state index contributed by atoms with van der Waals surface area (Å²) in [5.74, 6) is 4.01. The zero-order chi connectivity index (χ0) is 21.9. The second-order valence-electron chi connectivity index (χ2n) is 12.8. The summed E-state index contributed by atoms with van der Waals surface area (Å²) in [6.07, 6.45) is 11.2. The van der Waals surface area contributed by atoms with Crippen LogP contribution in [0.2, 0.25) is 0 Å². The molecular formula is C27H44O3. The van der Waals surface area contributed by atoms with Gasteiger partial charge < -0.3 is 5.11 Å². The van der Waals surface area contributed by atoms with Crippen LogP contribution in [0.4, 0.5) is 0 Å². The summed E-state index contributed by atoms with van der Waals surface area (Å²) in [5, 5.41) is 10.1. The van der Waals surface area contributed by atoms with Crippen LogP contribution in [-0.2, 0) is 9.59 Å². The van der Waals surface area contributed by atoms with Gasteiger partial charge in [0.15, 0.2) is 0 Å². The number of carbonyl (C=O) groups is 2. The van der Waals surface area contributed by atoms with Gasteiger partial charge >= 0.3 is 0 Å². The van der Waals surface area contributed by atoms with E-state index in [0.29, 0.717) is 53.5 Å². The van der Waals surface area contributed by atoms with Crippen LogP contribution in [0.15, 0.2) is 0 Å². The maximum absolute atomic E-state index is 13.2. The minimum Gasteiger partial charge on any atom is -0.390 e. The molecule has 170 valence electrons. The van der Waals surface area contributed by atoms with Crippen molar-refractivity contribution in [2.24, 2.45) is 46.3 Å². The average molecular weight is 417 g/mol. The van der Waals surface area contributed by atoms with Gasteiger partial charge in [-0.15, -0.1) is 0 Å². The molecule has 0 aromatic rings. The predicted molar refractivity (Wildman–Crippen MR) is 120 cm³/mol. The summed E-state index contributed by atoms with van der Waals surface area (Å²) >= 11 is 0. The lowest BCUT2D eigenvalue weighted by atomic mass is 9.44. The number of fused-ring (bicyclic) bond motifs is 5. The van der Waals surface area contributed by atoms with E-state index in [9.17, 15) is 14.7 Å². The summed E-state index contributed by atoms with van der Waals surface area (Å²) in [4.78, 5) is 25.3. The van der Waals surface area contributed by atoms with Crippen LogP contribution in [0, 0.1) is 46.3 Å². The molecule has 1 N–H and O–H groups in total. The van der Waals surface area contributed by atoms with Crippen molar-refractivity contribution < 1.29 is 14.7 Å². The lowest BCUT2D eigenvalue weighted by Gasteiger charge is -2.59. The van der Waals surface area contributed by atoms with Crippen LogP contribution in [0.25, 0.3) is 0 Å². The van der Waals surface area contributed by atoms with Crippen molar-refractivity contribution >= 4 is 11.6 Å². The molecule has 4 aliphatic rings. The third kappa shape index (κ3) is 3.71. The zero-order valence-electron chi connectivity index (χ0n) is 20.0. The highest BCUT2D eigenvalue weighted by Gasteiger charge is 2.62. The first kappa shape index (κ1) is 22.5. The third-order valence-electron chi connectivity index (χ3n) is 10.5. The van der Waals surface area contributed by atoms with Gasteiger partial charge in [-0.25, -0.2) is 0 Å². The maximum Gasteiger partial charge on any atom is 0.137 e. The lowest BCUT2D eigenvalue weighted by molar-refractivity contribution is -0.159. The highest BCUT2D eigenvalue weighted by Crippen LogP contribution is 2.67. The molecule has 0 amide bonds. The fraction of sp³-hybridized carbons (Fsp3) is 0.926. The van der Waals surface area contributed by atoms with Gasteiger partial charge in [0.05, 0.1) is 5.60 Å². The van der Waals surface area contributed by atoms with Crippen LogP contribution in [-0.4, -0.2) is 22.3 Å². The molecule has 3 heteroatoms. The van der Waals surface area contributed by atoms with E-state index in [0.717, 1.165) is 31.6 Å². The van der Waals surface area contributed by atoms with Crippen molar-refractivity contribution in [1.29, 1.82) is 0 Å². The molecule has 4 aliphatic carbocycles. The highest BCUT2D eigenvalue weighted by atomic mass is 16.3. The first-order chi connectivity index (χ1) is 14.0. The highest BCUT2D eigenvalue weighted by molar-refractivity contribution is 5.90. The summed E-state index contributed by atoms with van der Waals surface area (Å²) in [5.41, 5.74) is -0.134. The van der Waals surface area contributed by atoms with Crippen molar-refractivity contribution in [3.05, 3.63) is 0 Å². The lowest BCUT2D eigenvalue weighted by Crippen LogP contribution is -2.56. The number of aliphatic hydroxyl groups is 1. The fourth-order valence-electron chi connectivity index (χ4n) is 8.87. The molecule has 1 unspecified atom stereocenters. The van der Waals surface area contributed by atoms with Crippen LogP contribution in [0.3, 0.4) is 0 Å². The van der Waals surface area contributed by atoms with E-state index in [1.165, 1.54) is 32.1 Å². The second-order valence-corrected chi connectivity index (χ2v) is 12.8. The number of rotatable bonds is 5. The van der Waals surface area contributed by atoms with E-state index in [-0.39, 0.29) is 11.3 Å². The number of hydrogen-bond acceptors (Lipinski definition) is 3. The monoisotopic (exact) mass is 416 g/mol. The van der Waals surface area contributed by atoms with Gasteiger partial charge in [0.25, 0.3) is 0 Å². The Labute approximate surface area is 183 Å². The van der Waals surface area contributed by atoms with Crippen molar-refractivity contribution in [1.82, 2.24) is 0 Å². The quantitative estimate of drug-likeness (QED) is 0.600. The van der Waals surface area contributed by atoms with Gasteiger partial charge in [0.2, 0.25) is 0 Å². The Kier molecular flexibility index (Phi) is 5.78. The van der Waals surface area contributed by atoms with Crippen LogP contribution >= 0.6 is 0 Å². The molecule has 0 heterocycles. The Morgan fingerprint density at radius 2 is 1.73 bits per heavy atom. The summed E-state index contributed by atoms with van der Waals surface area (Å²) < 4.78 is 0. The molecule has 30 heavy (non-hydrogen) atoms. The van der Waals surface area contributed by atoms with Crippen molar-refractivity contribution in [3.63, 3.8) is 0 Å². The van der Waals surface area contributed by atoms with Gasteiger partial charge in [-0.2, -0.15) is 0 Å². The molecule has 0 spiro atoms. The number of carbonyl (C=O) groups excluding carboxylic acids is 2. The molecule has 4 rings (SSSR count). The standard InChI is InChI=1S/C27H44O3/c1-17(7-6-12-25(2,3)30)20-8-9-21-19-16-24(29)23-15-18(28)10-13-27(23,5)22(19)11-14-26(20,21)4/h17,19-23,30H,6-16H2,1-5H3/t17-,19+,20-,21+,22+,23?,26-,27-/m1/s1. The number of hydrogen-bond donors (Lipinski definition) is 1. The van der Waals surface area contributed by atoms with E-state index in [4.69, 9.17) is 0 Å². The summed E-state index contributed by atoms with van der Waals surface area (Å²) in [6.45, 7) is 11.2. The molecule has 0 radical (unpaired) electrons. The van der Waals surface area contributed by atoms with Gasteiger partial charge in [0.1, 0.15) is 11.6 Å². The van der Waals surface area contributed by atoms with Crippen molar-refractivity contribution in [3.8, 4) is 0 Å². The Hall–Kier alpha value is -0.700. The third-order valence-corrected chi connectivity index (χ3v) is 10.5. The smallest absolute Gasteiger partial charge is 0.137 e. The molecule has 0 aliphatic heterocycles. The number of Topliss-reactive ketones (excluding diaryl/α,β-unsaturated/α-hetero) is 2. The Bertz CT molecular complexity index is 691. The van der Waals surface area contributed by atoms with Crippen molar-refractivity contribution in [2.45, 2.75) is 111 Å². The largest absolute Gasteiger partial charge is 0.390 e. The zero-order valence-corrected chi connectivity index (χ0v) is 20.0. The van der Waals surface area contributed by atoms with Gasteiger partial charge in [-0.1, -0.05) is 33.6 Å². The molecule has 0 aromatic carbocycles. The second kappa shape index (κ2) is 7.71. The van der Waals surface area contributed by atoms with Gasteiger partial charge in [0, 0.05) is 25.2 Å². The predicted octanol–water partition coefficient (Wildman–Crippen LogP) is 5.97. The van der Waals surface area contributed by atoms with Crippen LogP contribution in [0.1, 0.15) is 105 Å². The fourth-order valence-corrected chi connectivity index (χ4v) is 8.87. The summed E-state index contributed by atoms with van der Waals surface area (Å²) in [6, 6.07) is 0. The molecule has 0 saturated heterocycles. The SMILES string of the molecule is C[C@H](CCCC(C)(C)O)[C@H]1CC[C@H]2[C@@H]3CC(=O)C4CC(=O)CC[C@]4(C)[C@H]3CC[C@]12C. The minimum absolute atomic E-state index is 0.00214. The Morgan fingerprint density at radius 3 is 2.43 bits per heavy atom. The topological polar surface area (TPSA) is 54.4 Å². The van der Waals surface area contributed by atoms with E-state index in [1.54, 1.807) is 0 Å². The van der Waals surface area contributed by atoms with E-state index < -0.39 is 5.60 Å². The minimum atomic E-state index is -0.560. The summed E-state index contributed by atoms with van der Waals surface area (Å²) in [7, 11) is 0. The molecule has 4 saturated carbocycles. The number of ketones is 2. The molecular weight excluding hydrogens is 372 g/mol. The van der Waals surface area contributed by atoms with Crippen LogP contribution in [0.5, 0.6) is 0 Å². The van der Waals surface area contributed by atoms with Crippen molar-refractivity contribution in [2.75, 3.05) is 0 Å². The van der Waals surface area contributed by atoms with Gasteiger partial charge in [-0.05, 0) is 92.8 Å². The normalized spacial score (nSPS) is 44.9. The molecule has 8 atom stereocenters. The first-order valence-corrected chi connectivity index (χ1v) is 12.7. The van der Waals surface area contributed by atoms with Gasteiger partial charge in [-0.3, -0.25) is 9.59 Å². The van der Waals surface area contributed by atoms with E-state index in [1.807, 2.05) is 13.8 Å². The molecule has 3 nitrogen and oxygen atoms in total.